The maximum absolute atomic E-state index is 12.5. The van der Waals surface area contributed by atoms with E-state index >= 15 is 0 Å². The first-order valence-corrected chi connectivity index (χ1v) is 11.2. The van der Waals surface area contributed by atoms with Crippen LogP contribution in [0.2, 0.25) is 10.0 Å². The summed E-state index contributed by atoms with van der Waals surface area (Å²) in [6.07, 6.45) is 1.50. The molecule has 8 heteroatoms. The third kappa shape index (κ3) is 6.59. The molecule has 31 heavy (non-hydrogen) atoms. The first-order chi connectivity index (χ1) is 14.9. The Morgan fingerprint density at radius 1 is 1.00 bits per heavy atom. The molecule has 1 amide bonds. The van der Waals surface area contributed by atoms with Crippen LogP contribution in [0.5, 0.6) is 5.75 Å². The molecule has 0 aromatic heterocycles. The Balaban J connectivity index is 1.76. The summed E-state index contributed by atoms with van der Waals surface area (Å²) in [5.74, 6) is 0.0938. The van der Waals surface area contributed by atoms with E-state index in [2.05, 4.69) is 37.2 Å². The van der Waals surface area contributed by atoms with Gasteiger partial charge < -0.3 is 10.1 Å². The van der Waals surface area contributed by atoms with Gasteiger partial charge in [0.05, 0.1) is 8.95 Å². The van der Waals surface area contributed by atoms with Crippen molar-refractivity contribution in [2.75, 3.05) is 5.32 Å². The van der Waals surface area contributed by atoms with Gasteiger partial charge in [-0.25, -0.2) is 0 Å². The summed E-state index contributed by atoms with van der Waals surface area (Å²) in [5, 5.41) is 13.3. The Kier molecular flexibility index (Phi) is 8.16. The van der Waals surface area contributed by atoms with Gasteiger partial charge in [-0.1, -0.05) is 35.3 Å². The summed E-state index contributed by atoms with van der Waals surface area (Å²) in [4.78, 5) is 12.5. The molecule has 0 aliphatic rings. The van der Waals surface area contributed by atoms with E-state index in [1.165, 1.54) is 6.08 Å². The van der Waals surface area contributed by atoms with E-state index in [1.54, 1.807) is 48.5 Å². The van der Waals surface area contributed by atoms with Crippen LogP contribution in [0.15, 0.2) is 75.2 Å². The standard InChI is InChI=1S/C23H14Br2Cl2N2O2/c24-20-10-15(9-16(12-28)23(30)29-19-7-5-18(27)6-8-19)11-21(25)22(20)31-13-14-1-3-17(26)4-2-14/h1-11H,13H2,(H,29,30)/b16-9-. The zero-order chi connectivity index (χ0) is 22.4. The monoisotopic (exact) mass is 578 g/mol. The topological polar surface area (TPSA) is 62.1 Å². The molecular formula is C23H14Br2Cl2N2O2. The average Bonchev–Trinajstić information content (AvgIpc) is 2.74. The molecule has 0 saturated heterocycles. The van der Waals surface area contributed by atoms with E-state index in [4.69, 9.17) is 27.9 Å². The third-order valence-electron chi connectivity index (χ3n) is 4.10. The number of hydrogen-bond acceptors (Lipinski definition) is 3. The van der Waals surface area contributed by atoms with E-state index in [9.17, 15) is 10.1 Å². The number of carbonyl (C=O) groups is 1. The van der Waals surface area contributed by atoms with Crippen LogP contribution >= 0.6 is 55.1 Å². The number of rotatable bonds is 6. The van der Waals surface area contributed by atoms with Gasteiger partial charge in [0, 0.05) is 15.7 Å². The molecule has 0 aliphatic carbocycles. The zero-order valence-electron chi connectivity index (χ0n) is 15.8. The summed E-state index contributed by atoms with van der Waals surface area (Å²) in [7, 11) is 0. The molecule has 0 radical (unpaired) electrons. The van der Waals surface area contributed by atoms with Gasteiger partial charge in [-0.2, -0.15) is 5.26 Å². The van der Waals surface area contributed by atoms with Crippen molar-refractivity contribution < 1.29 is 9.53 Å². The van der Waals surface area contributed by atoms with E-state index in [1.807, 2.05) is 18.2 Å². The molecule has 0 unspecified atom stereocenters. The fourth-order valence-corrected chi connectivity index (χ4v) is 4.29. The van der Waals surface area contributed by atoms with Gasteiger partial charge in [0.1, 0.15) is 24.0 Å². The number of nitrogens with zero attached hydrogens (tertiary/aromatic N) is 1. The van der Waals surface area contributed by atoms with Crippen molar-refractivity contribution in [3.8, 4) is 11.8 Å². The molecule has 4 nitrogen and oxygen atoms in total. The quantitative estimate of drug-likeness (QED) is 0.241. The maximum atomic E-state index is 12.5. The minimum absolute atomic E-state index is 0.0383. The lowest BCUT2D eigenvalue weighted by Gasteiger charge is -2.12. The number of hydrogen-bond donors (Lipinski definition) is 1. The second-order valence-electron chi connectivity index (χ2n) is 6.36. The Morgan fingerprint density at radius 3 is 2.10 bits per heavy atom. The number of benzene rings is 3. The van der Waals surface area contributed by atoms with Crippen LogP contribution in [0.1, 0.15) is 11.1 Å². The predicted molar refractivity (Wildman–Crippen MR) is 131 cm³/mol. The average molecular weight is 581 g/mol. The van der Waals surface area contributed by atoms with Crippen LogP contribution < -0.4 is 10.1 Å². The second-order valence-corrected chi connectivity index (χ2v) is 8.94. The lowest BCUT2D eigenvalue weighted by atomic mass is 10.1. The van der Waals surface area contributed by atoms with Gasteiger partial charge in [-0.15, -0.1) is 0 Å². The van der Waals surface area contributed by atoms with Crippen molar-refractivity contribution in [3.63, 3.8) is 0 Å². The number of amides is 1. The summed E-state index contributed by atoms with van der Waals surface area (Å²) >= 11 is 18.7. The molecule has 0 saturated carbocycles. The molecule has 1 N–H and O–H groups in total. The first-order valence-electron chi connectivity index (χ1n) is 8.90. The smallest absolute Gasteiger partial charge is 0.266 e. The molecule has 3 aromatic rings. The van der Waals surface area contributed by atoms with Crippen LogP contribution in [0.3, 0.4) is 0 Å². The SMILES string of the molecule is N#C/C(=C/c1cc(Br)c(OCc2ccc(Cl)cc2)c(Br)c1)C(=O)Nc1ccc(Cl)cc1. The number of anilines is 1. The largest absolute Gasteiger partial charge is 0.487 e. The number of nitriles is 1. The molecular weight excluding hydrogens is 567 g/mol. The first kappa shape index (κ1) is 23.4. The zero-order valence-corrected chi connectivity index (χ0v) is 20.5. The molecule has 156 valence electrons. The number of carbonyl (C=O) groups excluding carboxylic acids is 1. The fourth-order valence-electron chi connectivity index (χ4n) is 2.58. The lowest BCUT2D eigenvalue weighted by molar-refractivity contribution is -0.112. The van der Waals surface area contributed by atoms with Crippen molar-refractivity contribution in [3.05, 3.63) is 96.4 Å². The molecule has 0 heterocycles. The van der Waals surface area contributed by atoms with Crippen LogP contribution in [-0.2, 0) is 11.4 Å². The van der Waals surface area contributed by atoms with Gasteiger partial charge in [0.15, 0.2) is 0 Å². The highest BCUT2D eigenvalue weighted by Crippen LogP contribution is 2.36. The second kappa shape index (κ2) is 10.8. The van der Waals surface area contributed by atoms with Crippen molar-refractivity contribution >= 4 is 72.7 Å². The molecule has 3 rings (SSSR count). The molecule has 0 fully saturated rings. The lowest BCUT2D eigenvalue weighted by Crippen LogP contribution is -2.13. The molecule has 0 bridgehead atoms. The van der Waals surface area contributed by atoms with Crippen LogP contribution in [-0.4, -0.2) is 5.91 Å². The molecule has 3 aromatic carbocycles. The summed E-state index contributed by atoms with van der Waals surface area (Å²) in [6, 6.07) is 19.5. The van der Waals surface area contributed by atoms with Crippen LogP contribution in [0, 0.1) is 11.3 Å². The van der Waals surface area contributed by atoms with Crippen LogP contribution in [0.4, 0.5) is 5.69 Å². The summed E-state index contributed by atoms with van der Waals surface area (Å²) in [6.45, 7) is 0.358. The highest BCUT2D eigenvalue weighted by atomic mass is 79.9. The minimum Gasteiger partial charge on any atom is -0.487 e. The van der Waals surface area contributed by atoms with Gasteiger partial charge in [-0.05, 0) is 97.6 Å². The van der Waals surface area contributed by atoms with Gasteiger partial charge >= 0.3 is 0 Å². The molecule has 0 aliphatic heterocycles. The molecule has 0 spiro atoms. The van der Waals surface area contributed by atoms with E-state index in [0.717, 1.165) is 5.56 Å². The Labute approximate surface area is 206 Å². The van der Waals surface area contributed by atoms with Crippen molar-refractivity contribution in [1.29, 1.82) is 5.26 Å². The third-order valence-corrected chi connectivity index (χ3v) is 5.78. The normalized spacial score (nSPS) is 11.0. The Bertz CT molecular complexity index is 1150. The fraction of sp³-hybridized carbons (Fsp3) is 0.0435. The Hall–Kier alpha value is -2.30. The van der Waals surface area contributed by atoms with Crippen molar-refractivity contribution in [2.45, 2.75) is 6.61 Å². The highest BCUT2D eigenvalue weighted by Gasteiger charge is 2.13. The van der Waals surface area contributed by atoms with Crippen molar-refractivity contribution in [2.24, 2.45) is 0 Å². The summed E-state index contributed by atoms with van der Waals surface area (Å²) < 4.78 is 7.26. The number of nitrogens with one attached hydrogen (secondary N) is 1. The number of halogens is 4. The van der Waals surface area contributed by atoms with E-state index in [0.29, 0.717) is 42.6 Å². The highest BCUT2D eigenvalue weighted by molar-refractivity contribution is 9.11. The van der Waals surface area contributed by atoms with Gasteiger partial charge in [0.2, 0.25) is 0 Å². The summed E-state index contributed by atoms with van der Waals surface area (Å²) in [5.41, 5.74) is 2.13. The van der Waals surface area contributed by atoms with Gasteiger partial charge in [-0.3, -0.25) is 4.79 Å². The molecule has 0 atom stereocenters. The van der Waals surface area contributed by atoms with Crippen molar-refractivity contribution in [1.82, 2.24) is 0 Å². The van der Waals surface area contributed by atoms with Gasteiger partial charge in [0.25, 0.3) is 5.91 Å². The number of ether oxygens (including phenoxy) is 1. The predicted octanol–water partition coefficient (Wildman–Crippen LogP) is 7.64. The van der Waals surface area contributed by atoms with E-state index < -0.39 is 5.91 Å². The van der Waals surface area contributed by atoms with Crippen LogP contribution in [0.25, 0.3) is 6.08 Å². The Morgan fingerprint density at radius 2 is 1.55 bits per heavy atom. The minimum atomic E-state index is -0.514. The van der Waals surface area contributed by atoms with E-state index in [-0.39, 0.29) is 5.57 Å². The maximum Gasteiger partial charge on any atom is 0.266 e.